The average Bonchev–Trinajstić information content (AvgIpc) is 2.30. The van der Waals surface area contributed by atoms with Crippen LogP contribution in [0.1, 0.15) is 33.1 Å². The van der Waals surface area contributed by atoms with E-state index in [-0.39, 0.29) is 0 Å². The standard InChI is InChI=1S/C13H27NSi/c1-4-12-15(5-2,6-3)13-14-10-8-7-9-11-14/h4H,1,5-13H2,2-3H3. The minimum atomic E-state index is -1.02. The number of piperidine rings is 1. The monoisotopic (exact) mass is 225 g/mol. The molecule has 0 bridgehead atoms. The Labute approximate surface area is 96.6 Å². The van der Waals surface area contributed by atoms with Gasteiger partial charge in [0, 0.05) is 0 Å². The summed E-state index contributed by atoms with van der Waals surface area (Å²) in [7, 11) is -1.02. The fourth-order valence-corrected chi connectivity index (χ4v) is 6.26. The molecular formula is C13H27NSi. The van der Waals surface area contributed by atoms with Crippen molar-refractivity contribution in [2.75, 3.05) is 19.3 Å². The highest BCUT2D eigenvalue weighted by Crippen LogP contribution is 2.23. The highest BCUT2D eigenvalue weighted by Gasteiger charge is 2.30. The van der Waals surface area contributed by atoms with Gasteiger partial charge in [-0.05, 0) is 38.1 Å². The number of nitrogens with zero attached hydrogens (tertiary/aromatic N) is 1. The van der Waals surface area contributed by atoms with Crippen molar-refractivity contribution in [3.8, 4) is 0 Å². The van der Waals surface area contributed by atoms with Crippen LogP contribution in [0.5, 0.6) is 0 Å². The van der Waals surface area contributed by atoms with E-state index in [4.69, 9.17) is 0 Å². The fraction of sp³-hybridized carbons (Fsp3) is 0.846. The summed E-state index contributed by atoms with van der Waals surface area (Å²) in [6, 6.07) is 4.16. The maximum atomic E-state index is 3.95. The van der Waals surface area contributed by atoms with Crippen LogP contribution in [0.25, 0.3) is 0 Å². The Morgan fingerprint density at radius 3 is 2.20 bits per heavy atom. The van der Waals surface area contributed by atoms with Gasteiger partial charge in [0.2, 0.25) is 0 Å². The van der Waals surface area contributed by atoms with Crippen molar-refractivity contribution in [1.29, 1.82) is 0 Å². The molecule has 0 saturated carbocycles. The molecule has 1 rings (SSSR count). The van der Waals surface area contributed by atoms with Crippen LogP contribution >= 0.6 is 0 Å². The first-order valence-electron chi connectivity index (χ1n) is 6.59. The van der Waals surface area contributed by atoms with Crippen molar-refractivity contribution in [1.82, 2.24) is 4.90 Å². The van der Waals surface area contributed by atoms with Crippen molar-refractivity contribution in [2.24, 2.45) is 0 Å². The van der Waals surface area contributed by atoms with Gasteiger partial charge in [-0.2, -0.15) is 0 Å². The topological polar surface area (TPSA) is 3.24 Å². The highest BCUT2D eigenvalue weighted by atomic mass is 28.3. The summed E-state index contributed by atoms with van der Waals surface area (Å²) in [5.41, 5.74) is 0. The van der Waals surface area contributed by atoms with E-state index in [1.165, 1.54) is 56.7 Å². The van der Waals surface area contributed by atoms with E-state index >= 15 is 0 Å². The zero-order valence-electron chi connectivity index (χ0n) is 10.6. The summed E-state index contributed by atoms with van der Waals surface area (Å²) in [5.74, 6) is 0. The lowest BCUT2D eigenvalue weighted by Crippen LogP contribution is -2.47. The van der Waals surface area contributed by atoms with E-state index in [0.29, 0.717) is 0 Å². The quantitative estimate of drug-likeness (QED) is 0.492. The Morgan fingerprint density at radius 2 is 1.73 bits per heavy atom. The van der Waals surface area contributed by atoms with Crippen LogP contribution in [0.4, 0.5) is 0 Å². The van der Waals surface area contributed by atoms with E-state index in [1.54, 1.807) is 0 Å². The first kappa shape index (κ1) is 13.0. The molecular weight excluding hydrogens is 198 g/mol. The number of hydrogen-bond donors (Lipinski definition) is 0. The van der Waals surface area contributed by atoms with Gasteiger partial charge < -0.3 is 4.90 Å². The molecule has 0 aliphatic carbocycles. The molecule has 1 aliphatic rings. The summed E-state index contributed by atoms with van der Waals surface area (Å²) in [6.45, 7) is 11.4. The third-order valence-corrected chi connectivity index (χ3v) is 9.36. The molecule has 1 aliphatic heterocycles. The molecule has 1 fully saturated rings. The second kappa shape index (κ2) is 6.49. The largest absolute Gasteiger partial charge is 0.306 e. The van der Waals surface area contributed by atoms with E-state index in [2.05, 4.69) is 31.4 Å². The summed E-state index contributed by atoms with van der Waals surface area (Å²) in [5, 5.41) is 0. The van der Waals surface area contributed by atoms with Crippen molar-refractivity contribution >= 4 is 8.07 Å². The normalized spacial score (nSPS) is 19.1. The summed E-state index contributed by atoms with van der Waals surface area (Å²) >= 11 is 0. The fourth-order valence-electron chi connectivity index (χ4n) is 2.72. The number of rotatable bonds is 6. The molecule has 1 nitrogen and oxygen atoms in total. The van der Waals surface area contributed by atoms with Crippen LogP contribution < -0.4 is 0 Å². The van der Waals surface area contributed by atoms with Crippen molar-refractivity contribution < 1.29 is 0 Å². The number of likely N-dealkylation sites (tertiary alicyclic amines) is 1. The maximum absolute atomic E-state index is 3.95. The van der Waals surface area contributed by atoms with Gasteiger partial charge in [0.25, 0.3) is 0 Å². The minimum absolute atomic E-state index is 1.02. The molecule has 0 N–H and O–H groups in total. The first-order valence-corrected chi connectivity index (χ1v) is 9.42. The number of hydrogen-bond acceptors (Lipinski definition) is 1. The molecule has 0 unspecified atom stereocenters. The molecule has 0 aromatic rings. The predicted molar refractivity (Wildman–Crippen MR) is 72.0 cm³/mol. The lowest BCUT2D eigenvalue weighted by atomic mass is 10.1. The molecule has 0 spiro atoms. The van der Waals surface area contributed by atoms with Crippen LogP contribution in [0, 0.1) is 0 Å². The van der Waals surface area contributed by atoms with Crippen LogP contribution in [-0.2, 0) is 0 Å². The van der Waals surface area contributed by atoms with Gasteiger partial charge in [0.05, 0.1) is 8.07 Å². The Bertz CT molecular complexity index is 181. The van der Waals surface area contributed by atoms with Gasteiger partial charge in [-0.3, -0.25) is 0 Å². The average molecular weight is 225 g/mol. The third kappa shape index (κ3) is 3.76. The van der Waals surface area contributed by atoms with Crippen molar-refractivity contribution in [3.63, 3.8) is 0 Å². The summed E-state index contributed by atoms with van der Waals surface area (Å²) < 4.78 is 0. The van der Waals surface area contributed by atoms with Crippen molar-refractivity contribution in [2.45, 2.75) is 51.2 Å². The molecule has 0 amide bonds. The smallest absolute Gasteiger partial charge is 0.0722 e. The van der Waals surface area contributed by atoms with Gasteiger partial charge >= 0.3 is 0 Å². The Morgan fingerprint density at radius 1 is 1.13 bits per heavy atom. The van der Waals surface area contributed by atoms with Crippen molar-refractivity contribution in [3.05, 3.63) is 12.7 Å². The maximum Gasteiger partial charge on any atom is 0.0722 e. The lowest BCUT2D eigenvalue weighted by Gasteiger charge is -2.36. The van der Waals surface area contributed by atoms with Crippen LogP contribution in [0.15, 0.2) is 12.7 Å². The van der Waals surface area contributed by atoms with Crippen LogP contribution in [0.2, 0.25) is 18.1 Å². The molecule has 2 heteroatoms. The molecule has 0 atom stereocenters. The molecule has 1 saturated heterocycles. The summed E-state index contributed by atoms with van der Waals surface area (Å²) in [6.07, 6.45) is 7.89. The Balaban J connectivity index is 2.51. The Kier molecular flexibility index (Phi) is 5.62. The van der Waals surface area contributed by atoms with E-state index in [0.717, 1.165) is 0 Å². The lowest BCUT2D eigenvalue weighted by molar-refractivity contribution is 0.258. The van der Waals surface area contributed by atoms with E-state index < -0.39 is 8.07 Å². The van der Waals surface area contributed by atoms with E-state index in [1.807, 2.05) is 0 Å². The van der Waals surface area contributed by atoms with Crippen LogP contribution in [0.3, 0.4) is 0 Å². The molecule has 88 valence electrons. The van der Waals surface area contributed by atoms with Gasteiger partial charge in [-0.25, -0.2) is 0 Å². The summed E-state index contributed by atoms with van der Waals surface area (Å²) in [4.78, 5) is 2.73. The Hall–Kier alpha value is -0.0831. The molecule has 0 radical (unpaired) electrons. The third-order valence-electron chi connectivity index (χ3n) is 4.09. The first-order chi connectivity index (χ1) is 7.26. The highest BCUT2D eigenvalue weighted by molar-refractivity contribution is 6.80. The number of allylic oxidation sites excluding steroid dienone is 1. The van der Waals surface area contributed by atoms with Gasteiger partial charge in [-0.15, -0.1) is 6.58 Å². The second-order valence-electron chi connectivity index (χ2n) is 5.04. The minimum Gasteiger partial charge on any atom is -0.306 e. The molecule has 0 aromatic heterocycles. The molecule has 15 heavy (non-hydrogen) atoms. The molecule has 1 heterocycles. The molecule has 0 aromatic carbocycles. The van der Waals surface area contributed by atoms with Gasteiger partial charge in [-0.1, -0.05) is 38.4 Å². The van der Waals surface area contributed by atoms with Crippen LogP contribution in [-0.4, -0.2) is 32.2 Å². The van der Waals surface area contributed by atoms with Gasteiger partial charge in [0.15, 0.2) is 0 Å². The van der Waals surface area contributed by atoms with E-state index in [9.17, 15) is 0 Å². The predicted octanol–water partition coefficient (Wildman–Crippen LogP) is 3.69. The van der Waals surface area contributed by atoms with Gasteiger partial charge in [0.1, 0.15) is 0 Å². The second-order valence-corrected chi connectivity index (χ2v) is 10.2. The zero-order chi connectivity index (χ0) is 11.1. The SMILES string of the molecule is C=CC[Si](CC)(CC)CN1CCCCC1. The zero-order valence-corrected chi connectivity index (χ0v) is 11.6.